The van der Waals surface area contributed by atoms with Crippen LogP contribution in [-0.2, 0) is 20.1 Å². The summed E-state index contributed by atoms with van der Waals surface area (Å²) in [4.78, 5) is 25.6. The van der Waals surface area contributed by atoms with Crippen LogP contribution >= 0.6 is 11.6 Å². The van der Waals surface area contributed by atoms with Crippen LogP contribution in [0.1, 0.15) is 35.6 Å². The van der Waals surface area contributed by atoms with Crippen molar-refractivity contribution in [1.29, 1.82) is 0 Å². The van der Waals surface area contributed by atoms with Crippen LogP contribution in [0.4, 0.5) is 10.1 Å². The van der Waals surface area contributed by atoms with Crippen molar-refractivity contribution >= 4 is 23.2 Å². The maximum atomic E-state index is 14.1. The van der Waals surface area contributed by atoms with Crippen LogP contribution in [0, 0.1) is 5.82 Å². The van der Waals surface area contributed by atoms with Gasteiger partial charge in [0.05, 0.1) is 22.0 Å². The molecule has 0 fully saturated rings. The average Bonchev–Trinajstić information content (AvgIpc) is 3.19. The highest BCUT2D eigenvalue weighted by atomic mass is 35.5. The third-order valence-electron chi connectivity index (χ3n) is 5.10. The molecule has 0 atom stereocenters. The number of rotatable bonds is 4. The fourth-order valence-corrected chi connectivity index (χ4v) is 3.80. The Morgan fingerprint density at radius 2 is 2.10 bits per heavy atom. The molecule has 0 spiro atoms. The van der Waals surface area contributed by atoms with E-state index in [-0.39, 0.29) is 27.8 Å². The number of carbonyl (C=O) groups is 1. The number of benzene rings is 2. The summed E-state index contributed by atoms with van der Waals surface area (Å²) in [6, 6.07) is 7.17. The van der Waals surface area contributed by atoms with Gasteiger partial charge in [-0.25, -0.2) is 9.18 Å². The molecule has 1 aliphatic heterocycles. The van der Waals surface area contributed by atoms with Gasteiger partial charge in [-0.05, 0) is 38.1 Å². The molecule has 0 saturated heterocycles. The Morgan fingerprint density at radius 1 is 1.35 bits per heavy atom. The second kappa shape index (κ2) is 7.51. The standard InChI is InChI=1S/C21H20ClFN4O4/c1-21(2)9-12-15(27-20(30)26(3)16(10-28)25-27)8-7-11(18(12)31-21)19(29)24-17-13(22)5-4-6-14(17)23/h4-8,28H,9-10H2,1-3H3,(H,24,29). The minimum atomic E-state index is -0.660. The molecule has 2 heterocycles. The molecule has 4 rings (SSSR count). The van der Waals surface area contributed by atoms with Gasteiger partial charge in [0.2, 0.25) is 0 Å². The summed E-state index contributed by atoms with van der Waals surface area (Å²) in [7, 11) is 1.51. The number of nitrogens with one attached hydrogen (secondary N) is 1. The second-order valence-corrected chi connectivity index (χ2v) is 8.26. The lowest BCUT2D eigenvalue weighted by molar-refractivity contribution is 0.101. The summed E-state index contributed by atoms with van der Waals surface area (Å²) in [5, 5.41) is 16.2. The molecule has 8 nitrogen and oxygen atoms in total. The smallest absolute Gasteiger partial charge is 0.350 e. The van der Waals surface area contributed by atoms with E-state index in [1.54, 1.807) is 6.07 Å². The number of nitrogens with zero attached hydrogens (tertiary/aromatic N) is 3. The van der Waals surface area contributed by atoms with E-state index in [1.165, 1.54) is 40.6 Å². The largest absolute Gasteiger partial charge is 0.486 e. The van der Waals surface area contributed by atoms with Gasteiger partial charge in [-0.15, -0.1) is 5.10 Å². The van der Waals surface area contributed by atoms with Gasteiger partial charge in [0.15, 0.2) is 5.82 Å². The Bertz CT molecular complexity index is 1240. The first-order valence-corrected chi connectivity index (χ1v) is 9.87. The number of fused-ring (bicyclic) bond motifs is 1. The molecule has 0 saturated carbocycles. The molecule has 162 valence electrons. The maximum absolute atomic E-state index is 14.1. The molecule has 0 unspecified atom stereocenters. The van der Waals surface area contributed by atoms with Crippen molar-refractivity contribution in [3.63, 3.8) is 0 Å². The third-order valence-corrected chi connectivity index (χ3v) is 5.42. The van der Waals surface area contributed by atoms with Gasteiger partial charge in [-0.2, -0.15) is 4.68 Å². The molecule has 10 heteroatoms. The molecule has 2 N–H and O–H groups in total. The minimum Gasteiger partial charge on any atom is -0.486 e. The number of carbonyl (C=O) groups excluding carboxylic acids is 1. The molecule has 1 aromatic heterocycles. The Balaban J connectivity index is 1.82. The quantitative estimate of drug-likeness (QED) is 0.642. The summed E-state index contributed by atoms with van der Waals surface area (Å²) >= 11 is 6.02. The van der Waals surface area contributed by atoms with E-state index in [2.05, 4.69) is 10.4 Å². The zero-order valence-electron chi connectivity index (χ0n) is 17.1. The molecule has 2 aromatic carbocycles. The van der Waals surface area contributed by atoms with Gasteiger partial charge < -0.3 is 15.2 Å². The van der Waals surface area contributed by atoms with Crippen LogP contribution in [-0.4, -0.2) is 31.0 Å². The predicted molar refractivity (Wildman–Crippen MR) is 113 cm³/mol. The lowest BCUT2D eigenvalue weighted by Crippen LogP contribution is -2.26. The van der Waals surface area contributed by atoms with Crippen molar-refractivity contribution in [1.82, 2.24) is 14.3 Å². The summed E-state index contributed by atoms with van der Waals surface area (Å²) in [6.45, 7) is 3.31. The fourth-order valence-electron chi connectivity index (χ4n) is 3.59. The highest BCUT2D eigenvalue weighted by molar-refractivity contribution is 6.34. The average molecular weight is 447 g/mol. The van der Waals surface area contributed by atoms with E-state index in [9.17, 15) is 19.1 Å². The van der Waals surface area contributed by atoms with E-state index < -0.39 is 29.6 Å². The van der Waals surface area contributed by atoms with Crippen molar-refractivity contribution in [3.8, 4) is 11.4 Å². The van der Waals surface area contributed by atoms with Gasteiger partial charge in [0.1, 0.15) is 23.8 Å². The summed E-state index contributed by atoms with van der Waals surface area (Å²) in [5.41, 5.74) is 0.0313. The van der Waals surface area contributed by atoms with Gasteiger partial charge in [-0.3, -0.25) is 9.36 Å². The number of ether oxygens (including phenoxy) is 1. The molecule has 0 aliphatic carbocycles. The Kier molecular flexibility index (Phi) is 5.10. The molecule has 1 aliphatic rings. The Hall–Kier alpha value is -3.17. The number of aliphatic hydroxyl groups is 1. The molecule has 0 radical (unpaired) electrons. The van der Waals surface area contributed by atoms with Crippen molar-refractivity contribution in [2.24, 2.45) is 7.05 Å². The number of aromatic nitrogens is 3. The van der Waals surface area contributed by atoms with Gasteiger partial charge in [-0.1, -0.05) is 17.7 Å². The van der Waals surface area contributed by atoms with Crippen molar-refractivity contribution < 1.29 is 19.0 Å². The predicted octanol–water partition coefficient (Wildman–Crippen LogP) is 2.82. The van der Waals surface area contributed by atoms with Crippen molar-refractivity contribution in [2.75, 3.05) is 5.32 Å². The van der Waals surface area contributed by atoms with E-state index in [4.69, 9.17) is 16.3 Å². The van der Waals surface area contributed by atoms with Crippen LogP contribution in [0.5, 0.6) is 5.75 Å². The maximum Gasteiger partial charge on any atom is 0.350 e. The number of amides is 1. The van der Waals surface area contributed by atoms with Crippen LogP contribution in [0.15, 0.2) is 35.1 Å². The summed E-state index contributed by atoms with van der Waals surface area (Å²) < 4.78 is 22.6. The monoisotopic (exact) mass is 446 g/mol. The number of hydrogen-bond acceptors (Lipinski definition) is 5. The SMILES string of the molecule is Cn1c(CO)nn(-c2ccc(C(=O)Nc3c(F)cccc3Cl)c3c2CC(C)(C)O3)c1=O. The van der Waals surface area contributed by atoms with E-state index in [0.717, 1.165) is 0 Å². The number of hydrogen-bond donors (Lipinski definition) is 2. The topological polar surface area (TPSA) is 98.4 Å². The van der Waals surface area contributed by atoms with Crippen molar-refractivity contribution in [3.05, 3.63) is 68.6 Å². The minimum absolute atomic E-state index is 0.0689. The normalized spacial score (nSPS) is 14.3. The zero-order chi connectivity index (χ0) is 22.5. The lowest BCUT2D eigenvalue weighted by Gasteiger charge is -2.18. The highest BCUT2D eigenvalue weighted by Gasteiger charge is 2.36. The number of para-hydroxylation sites is 1. The first-order valence-electron chi connectivity index (χ1n) is 9.49. The van der Waals surface area contributed by atoms with Gasteiger partial charge in [0, 0.05) is 19.0 Å². The fraction of sp³-hybridized carbons (Fsp3) is 0.286. The van der Waals surface area contributed by atoms with E-state index in [0.29, 0.717) is 17.7 Å². The van der Waals surface area contributed by atoms with Crippen molar-refractivity contribution in [2.45, 2.75) is 32.5 Å². The van der Waals surface area contributed by atoms with Gasteiger partial charge >= 0.3 is 5.69 Å². The van der Waals surface area contributed by atoms with Crippen LogP contribution in [0.2, 0.25) is 5.02 Å². The van der Waals surface area contributed by atoms with Crippen LogP contribution in [0.3, 0.4) is 0 Å². The first kappa shape index (κ1) is 21.1. The summed E-state index contributed by atoms with van der Waals surface area (Å²) in [5.74, 6) is -0.771. The Morgan fingerprint density at radius 3 is 2.74 bits per heavy atom. The molecule has 1 amide bonds. The summed E-state index contributed by atoms with van der Waals surface area (Å²) in [6.07, 6.45) is 0.413. The molecule has 0 bridgehead atoms. The second-order valence-electron chi connectivity index (χ2n) is 7.86. The van der Waals surface area contributed by atoms with Crippen LogP contribution < -0.4 is 15.7 Å². The highest BCUT2D eigenvalue weighted by Crippen LogP contribution is 2.41. The van der Waals surface area contributed by atoms with E-state index >= 15 is 0 Å². The van der Waals surface area contributed by atoms with Gasteiger partial charge in [0.25, 0.3) is 5.91 Å². The molecule has 3 aromatic rings. The van der Waals surface area contributed by atoms with Crippen LogP contribution in [0.25, 0.3) is 5.69 Å². The molecular weight excluding hydrogens is 427 g/mol. The number of aliphatic hydroxyl groups excluding tert-OH is 1. The Labute approximate surface area is 181 Å². The first-order chi connectivity index (χ1) is 14.6. The number of anilines is 1. The number of halogens is 2. The molecular formula is C21H20ClFN4O4. The molecule has 31 heavy (non-hydrogen) atoms. The third kappa shape index (κ3) is 3.60. The van der Waals surface area contributed by atoms with E-state index in [1.807, 2.05) is 13.8 Å². The lowest BCUT2D eigenvalue weighted by atomic mass is 9.98. The zero-order valence-corrected chi connectivity index (χ0v) is 17.8.